The number of pyridine rings is 1. The maximum Gasteiger partial charge on any atom is 0.149 e. The number of nitrogens with zero attached hydrogens (tertiary/aromatic N) is 3. The van der Waals surface area contributed by atoms with Crippen LogP contribution in [0.4, 0.5) is 0 Å². The largest absolute Gasteiger partial charge is 0.507 e. The first-order valence-corrected chi connectivity index (χ1v) is 24.0. The molecule has 0 unspecified atom stereocenters. The zero-order valence-electron chi connectivity index (χ0n) is 42.0. The molecule has 7 aromatic carbocycles. The fraction of sp³-hybridized carbons (Fsp3) is 0.250. The second-order valence-corrected chi connectivity index (χ2v) is 22.6. The van der Waals surface area contributed by atoms with Crippen molar-refractivity contribution in [1.82, 2.24) is 14.5 Å². The molecule has 0 aliphatic carbocycles. The number of phenolic OH excluding ortho intramolecular Hbond substituents is 1. The molecule has 2 heterocycles. The number of hydrogen-bond donors (Lipinski definition) is 1. The van der Waals surface area contributed by atoms with Crippen LogP contribution in [0.2, 0.25) is 0 Å². The van der Waals surface area contributed by atoms with E-state index in [2.05, 4.69) is 251 Å². The molecule has 0 bridgehead atoms. The van der Waals surface area contributed by atoms with Crippen LogP contribution in [0.15, 0.2) is 170 Å². The number of fused-ring (bicyclic) bond motifs is 1. The summed E-state index contributed by atoms with van der Waals surface area (Å²) < 4.78 is 2.30. The molecular formula is C64H65N3O. The number of aromatic nitrogens is 3. The molecule has 0 saturated carbocycles. The van der Waals surface area contributed by atoms with Gasteiger partial charge in [-0.3, -0.25) is 9.55 Å². The lowest BCUT2D eigenvalue weighted by Gasteiger charge is -2.28. The Balaban J connectivity index is 1.33. The van der Waals surface area contributed by atoms with E-state index in [1.165, 1.54) is 22.3 Å². The first-order valence-electron chi connectivity index (χ1n) is 24.0. The summed E-state index contributed by atoms with van der Waals surface area (Å²) in [7, 11) is 0. The summed E-state index contributed by atoms with van der Waals surface area (Å²) in [6.07, 6.45) is 1.93. The minimum atomic E-state index is -0.329. The third-order valence-electron chi connectivity index (χ3n) is 13.4. The van der Waals surface area contributed by atoms with E-state index in [0.29, 0.717) is 11.4 Å². The Hall–Kier alpha value is -7.04. The smallest absolute Gasteiger partial charge is 0.149 e. The minimum absolute atomic E-state index is 0.0780. The van der Waals surface area contributed by atoms with Crippen LogP contribution >= 0.6 is 0 Å². The summed E-state index contributed by atoms with van der Waals surface area (Å²) in [5.41, 5.74) is 18.1. The molecule has 0 aliphatic rings. The Morgan fingerprint density at radius 1 is 0.397 bits per heavy atom. The molecule has 0 aliphatic heterocycles. The number of benzene rings is 7. The average molecular weight is 892 g/mol. The number of rotatable bonds is 7. The predicted molar refractivity (Wildman–Crippen MR) is 288 cm³/mol. The molecule has 9 aromatic rings. The average Bonchev–Trinajstić information content (AvgIpc) is 3.70. The van der Waals surface area contributed by atoms with Gasteiger partial charge >= 0.3 is 0 Å². The van der Waals surface area contributed by atoms with E-state index in [-0.39, 0.29) is 27.4 Å². The van der Waals surface area contributed by atoms with Crippen molar-refractivity contribution in [1.29, 1.82) is 0 Å². The predicted octanol–water partition coefficient (Wildman–Crippen LogP) is 17.3. The summed E-state index contributed by atoms with van der Waals surface area (Å²) in [4.78, 5) is 10.8. The van der Waals surface area contributed by atoms with Crippen LogP contribution in [0.25, 0.3) is 83.9 Å². The van der Waals surface area contributed by atoms with Gasteiger partial charge in [-0.1, -0.05) is 198 Å². The fourth-order valence-corrected chi connectivity index (χ4v) is 9.34. The van der Waals surface area contributed by atoms with Crippen molar-refractivity contribution in [3.63, 3.8) is 0 Å². The Bertz CT molecular complexity index is 3310. The van der Waals surface area contributed by atoms with Gasteiger partial charge in [-0.15, -0.1) is 0 Å². The van der Waals surface area contributed by atoms with E-state index in [4.69, 9.17) is 9.97 Å². The van der Waals surface area contributed by atoms with E-state index >= 15 is 0 Å². The Morgan fingerprint density at radius 3 is 1.56 bits per heavy atom. The lowest BCUT2D eigenvalue weighted by molar-refractivity contribution is 0.446. The van der Waals surface area contributed by atoms with Gasteiger partial charge in [0.25, 0.3) is 0 Å². The maximum atomic E-state index is 12.6. The van der Waals surface area contributed by atoms with Crippen LogP contribution in [0, 0.1) is 0 Å². The van der Waals surface area contributed by atoms with Gasteiger partial charge in [0.05, 0.1) is 28.0 Å². The first kappa shape index (κ1) is 46.1. The van der Waals surface area contributed by atoms with E-state index in [1.807, 2.05) is 6.20 Å². The van der Waals surface area contributed by atoms with Crippen LogP contribution in [0.1, 0.15) is 105 Å². The third kappa shape index (κ3) is 8.93. The Kier molecular flexibility index (Phi) is 11.7. The van der Waals surface area contributed by atoms with Crippen LogP contribution < -0.4 is 0 Å². The number of imidazole rings is 1. The Morgan fingerprint density at radius 2 is 0.941 bits per heavy atom. The van der Waals surface area contributed by atoms with Crippen LogP contribution in [0.5, 0.6) is 5.75 Å². The molecule has 4 nitrogen and oxygen atoms in total. The van der Waals surface area contributed by atoms with Crippen LogP contribution in [-0.2, 0) is 21.7 Å². The van der Waals surface area contributed by atoms with Crippen molar-refractivity contribution in [2.45, 2.75) is 105 Å². The van der Waals surface area contributed by atoms with Gasteiger partial charge in [0, 0.05) is 28.5 Å². The molecule has 0 spiro atoms. The van der Waals surface area contributed by atoms with Crippen LogP contribution in [-0.4, -0.2) is 19.6 Å². The topological polar surface area (TPSA) is 50.9 Å². The monoisotopic (exact) mass is 892 g/mol. The highest BCUT2D eigenvalue weighted by Gasteiger charge is 2.30. The summed E-state index contributed by atoms with van der Waals surface area (Å²) >= 11 is 0. The summed E-state index contributed by atoms with van der Waals surface area (Å²) in [6, 6.07) is 58.8. The molecule has 0 fully saturated rings. The molecule has 0 saturated heterocycles. The van der Waals surface area contributed by atoms with Crippen molar-refractivity contribution >= 4 is 11.0 Å². The van der Waals surface area contributed by atoms with E-state index < -0.39 is 0 Å². The molecule has 0 atom stereocenters. The molecule has 1 N–H and O–H groups in total. The SMILES string of the molecule is CC(C)(C)c1cc(-c2cc(-c3ccccc3-c3ccccc3)ccn2)cc(-c2cccc3c2nc(-c2cc(C(C)(C)C)cc(C(C)(C)C)c2O)n3-c2ccc(C(C)(C)C)cc2-c2ccccc2)c1. The molecule has 9 rings (SSSR count). The van der Waals surface area contributed by atoms with Crippen LogP contribution in [0.3, 0.4) is 0 Å². The number of aromatic hydroxyl groups is 1. The second-order valence-electron chi connectivity index (χ2n) is 22.6. The van der Waals surface area contributed by atoms with E-state index in [1.54, 1.807) is 0 Å². The van der Waals surface area contributed by atoms with Crippen molar-refractivity contribution in [3.8, 4) is 78.6 Å². The third-order valence-corrected chi connectivity index (χ3v) is 13.4. The van der Waals surface area contributed by atoms with Gasteiger partial charge in [-0.25, -0.2) is 4.98 Å². The maximum absolute atomic E-state index is 12.6. The van der Waals surface area contributed by atoms with Gasteiger partial charge in [0.2, 0.25) is 0 Å². The zero-order chi connectivity index (χ0) is 48.3. The zero-order valence-corrected chi connectivity index (χ0v) is 42.0. The minimum Gasteiger partial charge on any atom is -0.507 e. The summed E-state index contributed by atoms with van der Waals surface area (Å²) in [5, 5.41) is 12.6. The molecule has 0 radical (unpaired) electrons. The molecule has 68 heavy (non-hydrogen) atoms. The molecular weight excluding hydrogens is 827 g/mol. The van der Waals surface area contributed by atoms with Gasteiger partial charge in [0.15, 0.2) is 0 Å². The lowest BCUT2D eigenvalue weighted by Crippen LogP contribution is -2.17. The number of phenols is 1. The number of para-hydroxylation sites is 1. The van der Waals surface area contributed by atoms with Crippen molar-refractivity contribution in [3.05, 3.63) is 192 Å². The highest BCUT2D eigenvalue weighted by Crippen LogP contribution is 2.46. The van der Waals surface area contributed by atoms with Gasteiger partial charge in [0.1, 0.15) is 11.6 Å². The highest BCUT2D eigenvalue weighted by molar-refractivity contribution is 5.98. The number of hydrogen-bond acceptors (Lipinski definition) is 3. The van der Waals surface area contributed by atoms with E-state index in [9.17, 15) is 5.11 Å². The van der Waals surface area contributed by atoms with Gasteiger partial charge in [-0.05, 0) is 120 Å². The molecule has 342 valence electrons. The standard InChI is InChI=1S/C64H65N3O/c1-61(2,3)46-30-31-56(52(38-46)42-24-17-14-18-25-42)67-57-29-21-28-51(58(57)66-60(67)53-39-48(63(7,8)9)40-54(59(53)68)64(10,11)12)44-34-45(36-47(35-44)62(4,5)6)55-37-43(32-33-65-55)50-27-20-19-26-49(50)41-22-15-13-16-23-41/h13-40,68H,1-12H3. The first-order chi connectivity index (χ1) is 32.2. The molecule has 4 heteroatoms. The Labute approximate surface area is 404 Å². The van der Waals surface area contributed by atoms with Gasteiger partial charge in [-0.2, -0.15) is 0 Å². The summed E-state index contributed by atoms with van der Waals surface area (Å²) in [6.45, 7) is 26.8. The second kappa shape index (κ2) is 17.2. The normalized spacial score (nSPS) is 12.5. The molecule has 2 aromatic heterocycles. The highest BCUT2D eigenvalue weighted by atomic mass is 16.3. The fourth-order valence-electron chi connectivity index (χ4n) is 9.34. The summed E-state index contributed by atoms with van der Waals surface area (Å²) in [5.74, 6) is 0.953. The van der Waals surface area contributed by atoms with E-state index in [0.717, 1.165) is 72.5 Å². The lowest BCUT2D eigenvalue weighted by atomic mass is 9.79. The van der Waals surface area contributed by atoms with Crippen molar-refractivity contribution < 1.29 is 5.11 Å². The molecule has 0 amide bonds. The quantitative estimate of drug-likeness (QED) is 0.173. The van der Waals surface area contributed by atoms with Gasteiger partial charge < -0.3 is 5.11 Å². The van der Waals surface area contributed by atoms with Crippen molar-refractivity contribution in [2.75, 3.05) is 0 Å². The van der Waals surface area contributed by atoms with Crippen molar-refractivity contribution in [2.24, 2.45) is 0 Å².